The molecule has 2 nitrogen and oxygen atoms in total. The summed E-state index contributed by atoms with van der Waals surface area (Å²) in [6.07, 6.45) is 5.78. The molecule has 102 valence electrons. The normalized spacial score (nSPS) is 28.6. The van der Waals surface area contributed by atoms with E-state index in [1.165, 1.54) is 36.8 Å². The van der Waals surface area contributed by atoms with Crippen molar-refractivity contribution in [2.24, 2.45) is 11.8 Å². The van der Waals surface area contributed by atoms with Crippen LogP contribution in [0.25, 0.3) is 0 Å². The molecule has 0 aromatic heterocycles. The summed E-state index contributed by atoms with van der Waals surface area (Å²) in [7, 11) is 0. The Kier molecular flexibility index (Phi) is 3.34. The third kappa shape index (κ3) is 2.68. The average molecular weight is 257 g/mol. The number of hydrogen-bond donors (Lipinski definition) is 1. The Morgan fingerprint density at radius 1 is 1.26 bits per heavy atom. The molecule has 1 aromatic rings. The minimum absolute atomic E-state index is 0.199. The van der Waals surface area contributed by atoms with Gasteiger partial charge in [0.05, 0.1) is 6.42 Å². The highest BCUT2D eigenvalue weighted by molar-refractivity contribution is 5.79. The number of hydrogen-bond acceptors (Lipinski definition) is 1. The van der Waals surface area contributed by atoms with Crippen LogP contribution < -0.4 is 5.32 Å². The lowest BCUT2D eigenvalue weighted by Gasteiger charge is -2.23. The monoisotopic (exact) mass is 257 g/mol. The number of rotatable bonds is 3. The minimum atomic E-state index is 0.199. The molecule has 19 heavy (non-hydrogen) atoms. The Labute approximate surface area is 115 Å². The highest BCUT2D eigenvalue weighted by atomic mass is 16.1. The topological polar surface area (TPSA) is 29.1 Å². The third-order valence-electron chi connectivity index (χ3n) is 4.93. The van der Waals surface area contributed by atoms with E-state index >= 15 is 0 Å². The zero-order valence-electron chi connectivity index (χ0n) is 11.9. The fourth-order valence-corrected chi connectivity index (χ4v) is 3.90. The van der Waals surface area contributed by atoms with Gasteiger partial charge in [-0.05, 0) is 56.1 Å². The molecule has 2 aliphatic rings. The summed E-state index contributed by atoms with van der Waals surface area (Å²) in [6.45, 7) is 4.18. The molecule has 0 spiro atoms. The highest BCUT2D eigenvalue weighted by Crippen LogP contribution is 2.44. The number of amides is 1. The van der Waals surface area contributed by atoms with Gasteiger partial charge >= 0.3 is 0 Å². The van der Waals surface area contributed by atoms with E-state index in [0.717, 1.165) is 17.4 Å². The molecule has 2 aliphatic carbocycles. The molecule has 0 unspecified atom stereocenters. The quantitative estimate of drug-likeness (QED) is 0.885. The lowest BCUT2D eigenvalue weighted by Crippen LogP contribution is -2.39. The van der Waals surface area contributed by atoms with E-state index < -0.39 is 0 Å². The van der Waals surface area contributed by atoms with Gasteiger partial charge in [-0.15, -0.1) is 0 Å². The van der Waals surface area contributed by atoms with Crippen LogP contribution in [-0.2, 0) is 11.2 Å². The van der Waals surface area contributed by atoms with Crippen LogP contribution in [0.3, 0.4) is 0 Å². The standard InChI is InChI=1S/C17H23NO/c1-11-3-5-14(12(2)7-11)10-17(19)18-16-9-13-4-6-15(16)8-13/h3,5,7,13,15-16H,4,6,8-10H2,1-2H3,(H,18,19)/t13-,15-,16+/m0/s1. The SMILES string of the molecule is Cc1ccc(CC(=O)N[C@@H]2C[C@H]3CC[C@H]2C3)c(C)c1. The van der Waals surface area contributed by atoms with Gasteiger partial charge in [-0.3, -0.25) is 4.79 Å². The van der Waals surface area contributed by atoms with Crippen molar-refractivity contribution < 1.29 is 4.79 Å². The van der Waals surface area contributed by atoms with Crippen LogP contribution >= 0.6 is 0 Å². The number of aryl methyl sites for hydroxylation is 2. The lowest BCUT2D eigenvalue weighted by molar-refractivity contribution is -0.121. The van der Waals surface area contributed by atoms with E-state index in [1.54, 1.807) is 0 Å². The average Bonchev–Trinajstić information content (AvgIpc) is 2.95. The van der Waals surface area contributed by atoms with Gasteiger partial charge in [0.25, 0.3) is 0 Å². The van der Waals surface area contributed by atoms with Crippen LogP contribution in [0.5, 0.6) is 0 Å². The van der Waals surface area contributed by atoms with Crippen molar-refractivity contribution in [3.05, 3.63) is 34.9 Å². The molecule has 0 heterocycles. The first kappa shape index (κ1) is 12.7. The van der Waals surface area contributed by atoms with Crippen LogP contribution in [0, 0.1) is 25.7 Å². The van der Waals surface area contributed by atoms with E-state index in [4.69, 9.17) is 0 Å². The van der Waals surface area contributed by atoms with E-state index in [1.807, 2.05) is 0 Å². The molecule has 0 radical (unpaired) electrons. The molecular formula is C17H23NO. The van der Waals surface area contributed by atoms with Gasteiger partial charge in [-0.1, -0.05) is 30.2 Å². The second-order valence-electron chi connectivity index (χ2n) is 6.46. The smallest absolute Gasteiger partial charge is 0.224 e. The van der Waals surface area contributed by atoms with Crippen LogP contribution in [0.4, 0.5) is 0 Å². The van der Waals surface area contributed by atoms with Crippen LogP contribution in [0.2, 0.25) is 0 Å². The van der Waals surface area contributed by atoms with Crippen molar-refractivity contribution in [2.75, 3.05) is 0 Å². The third-order valence-corrected chi connectivity index (χ3v) is 4.93. The largest absolute Gasteiger partial charge is 0.353 e. The first-order valence-corrected chi connectivity index (χ1v) is 7.47. The Balaban J connectivity index is 1.59. The second kappa shape index (κ2) is 4.99. The summed E-state index contributed by atoms with van der Waals surface area (Å²) in [5, 5.41) is 3.26. The number of benzene rings is 1. The van der Waals surface area contributed by atoms with Crippen molar-refractivity contribution >= 4 is 5.91 Å². The highest BCUT2D eigenvalue weighted by Gasteiger charge is 2.39. The summed E-state index contributed by atoms with van der Waals surface area (Å²) in [5.41, 5.74) is 3.64. The molecule has 2 heteroatoms. The van der Waals surface area contributed by atoms with Crippen molar-refractivity contribution in [2.45, 2.75) is 52.0 Å². The summed E-state index contributed by atoms with van der Waals surface area (Å²) < 4.78 is 0. The van der Waals surface area contributed by atoms with Gasteiger partial charge in [-0.25, -0.2) is 0 Å². The minimum Gasteiger partial charge on any atom is -0.353 e. The van der Waals surface area contributed by atoms with E-state index in [2.05, 4.69) is 37.4 Å². The molecule has 0 aliphatic heterocycles. The maximum atomic E-state index is 12.2. The molecule has 2 bridgehead atoms. The fourth-order valence-electron chi connectivity index (χ4n) is 3.90. The molecule has 3 atom stereocenters. The van der Waals surface area contributed by atoms with E-state index in [9.17, 15) is 4.79 Å². The first-order valence-electron chi connectivity index (χ1n) is 7.47. The Hall–Kier alpha value is -1.31. The van der Waals surface area contributed by atoms with Crippen molar-refractivity contribution in [3.63, 3.8) is 0 Å². The Bertz CT molecular complexity index is 494. The molecule has 3 rings (SSSR count). The van der Waals surface area contributed by atoms with Crippen LogP contribution in [0.15, 0.2) is 18.2 Å². The fraction of sp³-hybridized carbons (Fsp3) is 0.588. The summed E-state index contributed by atoms with van der Waals surface area (Å²) >= 11 is 0. The zero-order valence-corrected chi connectivity index (χ0v) is 11.9. The zero-order chi connectivity index (χ0) is 13.4. The van der Waals surface area contributed by atoms with Crippen molar-refractivity contribution in [1.29, 1.82) is 0 Å². The summed E-state index contributed by atoms with van der Waals surface area (Å²) in [4.78, 5) is 12.2. The number of fused-ring (bicyclic) bond motifs is 2. The summed E-state index contributed by atoms with van der Waals surface area (Å²) in [5.74, 6) is 1.84. The van der Waals surface area contributed by atoms with Crippen LogP contribution in [0.1, 0.15) is 42.4 Å². The van der Waals surface area contributed by atoms with Crippen molar-refractivity contribution in [3.8, 4) is 0 Å². The Morgan fingerprint density at radius 2 is 2.11 bits per heavy atom. The summed E-state index contributed by atoms with van der Waals surface area (Å²) in [6, 6.07) is 6.79. The number of carbonyl (C=O) groups is 1. The van der Waals surface area contributed by atoms with Gasteiger partial charge in [0.1, 0.15) is 0 Å². The van der Waals surface area contributed by atoms with E-state index in [0.29, 0.717) is 12.5 Å². The lowest BCUT2D eigenvalue weighted by atomic mass is 9.95. The molecular weight excluding hydrogens is 234 g/mol. The number of nitrogens with one attached hydrogen (secondary N) is 1. The van der Waals surface area contributed by atoms with E-state index in [-0.39, 0.29) is 5.91 Å². The molecule has 1 N–H and O–H groups in total. The second-order valence-corrected chi connectivity index (χ2v) is 6.46. The molecule has 2 saturated carbocycles. The van der Waals surface area contributed by atoms with Gasteiger partial charge in [0.15, 0.2) is 0 Å². The van der Waals surface area contributed by atoms with Gasteiger partial charge in [-0.2, -0.15) is 0 Å². The van der Waals surface area contributed by atoms with Gasteiger partial charge in [0.2, 0.25) is 5.91 Å². The first-order chi connectivity index (χ1) is 9.11. The molecule has 0 saturated heterocycles. The van der Waals surface area contributed by atoms with Gasteiger partial charge < -0.3 is 5.32 Å². The Morgan fingerprint density at radius 3 is 2.74 bits per heavy atom. The predicted molar refractivity (Wildman–Crippen MR) is 77.0 cm³/mol. The predicted octanol–water partition coefficient (Wildman–Crippen LogP) is 3.15. The maximum Gasteiger partial charge on any atom is 0.224 e. The molecule has 1 aromatic carbocycles. The number of carbonyl (C=O) groups excluding carboxylic acids is 1. The molecule has 1 amide bonds. The van der Waals surface area contributed by atoms with Crippen molar-refractivity contribution in [1.82, 2.24) is 5.32 Å². The maximum absolute atomic E-state index is 12.2. The molecule has 2 fully saturated rings. The van der Waals surface area contributed by atoms with Crippen LogP contribution in [-0.4, -0.2) is 11.9 Å². The van der Waals surface area contributed by atoms with Gasteiger partial charge in [0, 0.05) is 6.04 Å².